The normalized spacial score (nSPS) is 15.0. The van der Waals surface area contributed by atoms with Gasteiger partial charge in [0.15, 0.2) is 0 Å². The fraction of sp³-hybridized carbons (Fsp3) is 0.227. The van der Waals surface area contributed by atoms with E-state index in [0.717, 1.165) is 11.3 Å². The summed E-state index contributed by atoms with van der Waals surface area (Å²) in [4.78, 5) is 24.8. The molecule has 29 heavy (non-hydrogen) atoms. The monoisotopic (exact) mass is 392 g/mol. The van der Waals surface area contributed by atoms with Crippen LogP contribution in [0.25, 0.3) is 0 Å². The molecule has 1 aromatic heterocycles. The maximum atomic E-state index is 13.3. The Morgan fingerprint density at radius 2 is 1.90 bits per heavy atom. The molecule has 2 heterocycles. The van der Waals surface area contributed by atoms with Crippen molar-refractivity contribution >= 4 is 11.8 Å². The lowest BCUT2D eigenvalue weighted by atomic mass is 10.1. The maximum Gasteiger partial charge on any atom is 0.255 e. The van der Waals surface area contributed by atoms with Gasteiger partial charge in [-0.3, -0.25) is 14.3 Å². The molecule has 4 rings (SSSR count). The molecule has 0 radical (unpaired) electrons. The molecule has 0 aliphatic carbocycles. The Hall–Kier alpha value is -3.48. The molecule has 3 aromatic rings. The van der Waals surface area contributed by atoms with Gasteiger partial charge in [0.1, 0.15) is 5.82 Å². The molecule has 0 saturated carbocycles. The molecule has 2 amide bonds. The first-order valence-electron chi connectivity index (χ1n) is 9.49. The molecular formula is C22H21FN4O2. The first-order valence-corrected chi connectivity index (χ1v) is 9.49. The standard InChI is InChI=1S/C22H21FN4O2/c23-17-8-4-7-16(9-17)10-21(28)26-18-11-20-19(13-25-27(20)14-18)22(29)24-12-15-5-2-1-3-6-15/h1-9,13,18H,10-12,14H2,(H,24,29)(H,26,28). The summed E-state index contributed by atoms with van der Waals surface area (Å²) >= 11 is 0. The number of fused-ring (bicyclic) bond motifs is 1. The van der Waals surface area contributed by atoms with Gasteiger partial charge in [-0.15, -0.1) is 0 Å². The van der Waals surface area contributed by atoms with Crippen LogP contribution in [-0.4, -0.2) is 27.6 Å². The van der Waals surface area contributed by atoms with Gasteiger partial charge in [-0.25, -0.2) is 4.39 Å². The van der Waals surface area contributed by atoms with Gasteiger partial charge >= 0.3 is 0 Å². The number of nitrogens with zero attached hydrogens (tertiary/aromatic N) is 2. The van der Waals surface area contributed by atoms with E-state index >= 15 is 0 Å². The average molecular weight is 392 g/mol. The van der Waals surface area contributed by atoms with Crippen molar-refractivity contribution in [3.8, 4) is 0 Å². The Kier molecular flexibility index (Phi) is 5.37. The van der Waals surface area contributed by atoms with Crippen LogP contribution in [0.1, 0.15) is 27.2 Å². The molecule has 1 aliphatic rings. The molecule has 6 nitrogen and oxygen atoms in total. The van der Waals surface area contributed by atoms with Gasteiger partial charge in [0.2, 0.25) is 5.91 Å². The van der Waals surface area contributed by atoms with Crippen molar-refractivity contribution in [1.29, 1.82) is 0 Å². The SMILES string of the molecule is O=C(Cc1cccc(F)c1)NC1Cc2c(C(=O)NCc3ccccc3)cnn2C1. The van der Waals surface area contributed by atoms with Crippen LogP contribution in [0.3, 0.4) is 0 Å². The number of halogens is 1. The average Bonchev–Trinajstić information content (AvgIpc) is 3.27. The highest BCUT2D eigenvalue weighted by molar-refractivity contribution is 5.95. The third-order valence-corrected chi connectivity index (χ3v) is 4.94. The highest BCUT2D eigenvalue weighted by Crippen LogP contribution is 2.19. The van der Waals surface area contributed by atoms with E-state index in [1.54, 1.807) is 23.0 Å². The summed E-state index contributed by atoms with van der Waals surface area (Å²) < 4.78 is 15.0. The molecule has 2 N–H and O–H groups in total. The Morgan fingerprint density at radius 3 is 2.69 bits per heavy atom. The van der Waals surface area contributed by atoms with Crippen molar-refractivity contribution in [3.05, 3.63) is 89.0 Å². The minimum Gasteiger partial charge on any atom is -0.351 e. The number of benzene rings is 2. The summed E-state index contributed by atoms with van der Waals surface area (Å²) in [5.41, 5.74) is 2.99. The van der Waals surface area contributed by atoms with Crippen molar-refractivity contribution < 1.29 is 14.0 Å². The summed E-state index contributed by atoms with van der Waals surface area (Å²) in [6.07, 6.45) is 2.21. The van der Waals surface area contributed by atoms with Crippen LogP contribution in [0.15, 0.2) is 60.8 Å². The van der Waals surface area contributed by atoms with E-state index in [-0.39, 0.29) is 30.1 Å². The molecule has 7 heteroatoms. The zero-order valence-corrected chi connectivity index (χ0v) is 15.8. The Bertz CT molecular complexity index is 1030. The predicted octanol–water partition coefficient (Wildman–Crippen LogP) is 2.24. The first-order chi connectivity index (χ1) is 14.1. The fourth-order valence-corrected chi connectivity index (χ4v) is 3.56. The number of rotatable bonds is 6. The van der Waals surface area contributed by atoms with Crippen LogP contribution in [0.4, 0.5) is 4.39 Å². The van der Waals surface area contributed by atoms with Crippen molar-refractivity contribution in [3.63, 3.8) is 0 Å². The molecule has 148 valence electrons. The zero-order chi connectivity index (χ0) is 20.2. The van der Waals surface area contributed by atoms with Gasteiger partial charge < -0.3 is 10.6 Å². The molecule has 1 unspecified atom stereocenters. The van der Waals surface area contributed by atoms with E-state index in [2.05, 4.69) is 15.7 Å². The summed E-state index contributed by atoms with van der Waals surface area (Å²) in [6.45, 7) is 0.953. The van der Waals surface area contributed by atoms with E-state index in [0.29, 0.717) is 30.6 Å². The van der Waals surface area contributed by atoms with E-state index in [1.165, 1.54) is 12.1 Å². The van der Waals surface area contributed by atoms with Crippen molar-refractivity contribution in [2.75, 3.05) is 0 Å². The lowest BCUT2D eigenvalue weighted by molar-refractivity contribution is -0.121. The molecule has 1 atom stereocenters. The van der Waals surface area contributed by atoms with E-state index in [4.69, 9.17) is 0 Å². The molecular weight excluding hydrogens is 371 g/mol. The topological polar surface area (TPSA) is 76.0 Å². The zero-order valence-electron chi connectivity index (χ0n) is 15.8. The van der Waals surface area contributed by atoms with Gasteiger partial charge in [-0.1, -0.05) is 42.5 Å². The summed E-state index contributed by atoms with van der Waals surface area (Å²) in [5.74, 6) is -0.717. The van der Waals surface area contributed by atoms with E-state index < -0.39 is 0 Å². The number of hydrogen-bond donors (Lipinski definition) is 2. The van der Waals surface area contributed by atoms with Gasteiger partial charge in [0.05, 0.1) is 36.5 Å². The molecule has 1 aliphatic heterocycles. The Balaban J connectivity index is 1.33. The number of hydrogen-bond acceptors (Lipinski definition) is 3. The number of amides is 2. The van der Waals surface area contributed by atoms with Crippen molar-refractivity contribution in [2.24, 2.45) is 0 Å². The third-order valence-electron chi connectivity index (χ3n) is 4.94. The smallest absolute Gasteiger partial charge is 0.255 e. The second-order valence-electron chi connectivity index (χ2n) is 7.13. The molecule has 0 bridgehead atoms. The second kappa shape index (κ2) is 8.26. The van der Waals surface area contributed by atoms with Crippen LogP contribution in [0.5, 0.6) is 0 Å². The first kappa shape index (κ1) is 18.9. The van der Waals surface area contributed by atoms with Crippen LogP contribution in [0, 0.1) is 5.82 Å². The lowest BCUT2D eigenvalue weighted by Gasteiger charge is -2.12. The van der Waals surface area contributed by atoms with Crippen molar-refractivity contribution in [2.45, 2.75) is 32.0 Å². The van der Waals surface area contributed by atoms with Crippen LogP contribution in [0.2, 0.25) is 0 Å². The van der Waals surface area contributed by atoms with E-state index in [9.17, 15) is 14.0 Å². The summed E-state index contributed by atoms with van der Waals surface area (Å²) in [5, 5.41) is 10.1. The lowest BCUT2D eigenvalue weighted by Crippen LogP contribution is -2.37. The maximum absolute atomic E-state index is 13.3. The second-order valence-corrected chi connectivity index (χ2v) is 7.13. The minimum atomic E-state index is -0.359. The highest BCUT2D eigenvalue weighted by Gasteiger charge is 2.28. The molecule has 0 spiro atoms. The summed E-state index contributed by atoms with van der Waals surface area (Å²) in [7, 11) is 0. The molecule has 0 fully saturated rings. The minimum absolute atomic E-state index is 0.112. The van der Waals surface area contributed by atoms with Crippen molar-refractivity contribution in [1.82, 2.24) is 20.4 Å². The van der Waals surface area contributed by atoms with Crippen LogP contribution >= 0.6 is 0 Å². The van der Waals surface area contributed by atoms with Crippen LogP contribution in [-0.2, 0) is 30.7 Å². The molecule has 0 saturated heterocycles. The van der Waals surface area contributed by atoms with Gasteiger partial charge in [-0.2, -0.15) is 5.10 Å². The summed E-state index contributed by atoms with van der Waals surface area (Å²) in [6, 6.07) is 15.6. The fourth-order valence-electron chi connectivity index (χ4n) is 3.56. The molecule has 2 aromatic carbocycles. The predicted molar refractivity (Wildman–Crippen MR) is 106 cm³/mol. The Morgan fingerprint density at radius 1 is 1.10 bits per heavy atom. The van der Waals surface area contributed by atoms with Gasteiger partial charge in [0.25, 0.3) is 5.91 Å². The number of nitrogens with one attached hydrogen (secondary N) is 2. The van der Waals surface area contributed by atoms with Crippen LogP contribution < -0.4 is 10.6 Å². The number of carbonyl (C=O) groups excluding carboxylic acids is 2. The third kappa shape index (κ3) is 4.51. The van der Waals surface area contributed by atoms with E-state index in [1.807, 2.05) is 30.3 Å². The Labute approximate surface area is 167 Å². The largest absolute Gasteiger partial charge is 0.351 e. The van der Waals surface area contributed by atoms with Gasteiger partial charge in [0, 0.05) is 13.0 Å². The quantitative estimate of drug-likeness (QED) is 0.676. The number of aromatic nitrogens is 2. The highest BCUT2D eigenvalue weighted by atomic mass is 19.1. The number of carbonyl (C=O) groups is 2. The van der Waals surface area contributed by atoms with Gasteiger partial charge in [-0.05, 0) is 23.3 Å².